The van der Waals surface area contributed by atoms with Gasteiger partial charge in [-0.05, 0) is 30.9 Å². The molecule has 88 valence electrons. The van der Waals surface area contributed by atoms with E-state index in [2.05, 4.69) is 23.3 Å². The average molecular weight is 220 g/mol. The van der Waals surface area contributed by atoms with Crippen LogP contribution in [0.2, 0.25) is 0 Å². The Labute approximate surface area is 97.2 Å². The summed E-state index contributed by atoms with van der Waals surface area (Å²) in [7, 11) is 0. The summed E-state index contributed by atoms with van der Waals surface area (Å²) in [5, 5.41) is 3.43. The number of nitrogens with one attached hydrogen (secondary N) is 1. The molecule has 0 spiro atoms. The number of hydrogen-bond donors (Lipinski definition) is 1. The smallest absolute Gasteiger partial charge is 0.0700 e. The van der Waals surface area contributed by atoms with E-state index in [4.69, 9.17) is 4.74 Å². The van der Waals surface area contributed by atoms with E-state index in [-0.39, 0.29) is 0 Å². The molecule has 0 amide bonds. The molecule has 1 saturated heterocycles. The van der Waals surface area contributed by atoms with Crippen molar-refractivity contribution in [3.63, 3.8) is 0 Å². The van der Waals surface area contributed by atoms with Crippen LogP contribution in [0.3, 0.4) is 0 Å². The quantitative estimate of drug-likeness (QED) is 0.823. The summed E-state index contributed by atoms with van der Waals surface area (Å²) in [4.78, 5) is 4.41. The van der Waals surface area contributed by atoms with Gasteiger partial charge in [0.1, 0.15) is 0 Å². The van der Waals surface area contributed by atoms with Gasteiger partial charge in [0.05, 0.1) is 11.8 Å². The first kappa shape index (κ1) is 11.6. The van der Waals surface area contributed by atoms with Gasteiger partial charge in [0.2, 0.25) is 0 Å². The average Bonchev–Trinajstić information content (AvgIpc) is 2.83. The van der Waals surface area contributed by atoms with Crippen LogP contribution in [0.5, 0.6) is 0 Å². The first-order valence-electron chi connectivity index (χ1n) is 6.15. The molecule has 1 N–H and O–H groups in total. The molecule has 1 aliphatic rings. The molecule has 0 aliphatic carbocycles. The van der Waals surface area contributed by atoms with Gasteiger partial charge >= 0.3 is 0 Å². The van der Waals surface area contributed by atoms with Crippen LogP contribution < -0.4 is 5.32 Å². The fourth-order valence-corrected chi connectivity index (χ4v) is 2.11. The summed E-state index contributed by atoms with van der Waals surface area (Å²) in [6, 6.07) is 4.15. The van der Waals surface area contributed by atoms with Crippen molar-refractivity contribution in [2.45, 2.75) is 38.8 Å². The molecule has 1 aromatic rings. The summed E-state index contributed by atoms with van der Waals surface area (Å²) in [6.07, 6.45) is 5.72. The van der Waals surface area contributed by atoms with E-state index in [9.17, 15) is 0 Å². The molecule has 3 nitrogen and oxygen atoms in total. The Morgan fingerprint density at radius 2 is 2.50 bits per heavy atom. The molecular weight excluding hydrogens is 200 g/mol. The Morgan fingerprint density at radius 1 is 1.56 bits per heavy atom. The lowest BCUT2D eigenvalue weighted by Crippen LogP contribution is -2.26. The first-order valence-corrected chi connectivity index (χ1v) is 6.15. The Bertz CT molecular complexity index is 321. The van der Waals surface area contributed by atoms with E-state index >= 15 is 0 Å². The zero-order valence-corrected chi connectivity index (χ0v) is 9.91. The van der Waals surface area contributed by atoms with Crippen LogP contribution in [0.1, 0.15) is 31.0 Å². The van der Waals surface area contributed by atoms with Crippen LogP contribution >= 0.6 is 0 Å². The largest absolute Gasteiger partial charge is 0.377 e. The Balaban J connectivity index is 1.79. The first-order chi connectivity index (χ1) is 7.90. The number of aromatic nitrogens is 1. The Morgan fingerprint density at radius 3 is 3.25 bits per heavy atom. The van der Waals surface area contributed by atoms with Crippen LogP contribution in [0.25, 0.3) is 0 Å². The van der Waals surface area contributed by atoms with Crippen LogP contribution in [0.15, 0.2) is 18.3 Å². The molecule has 16 heavy (non-hydrogen) atoms. The number of hydrogen-bond acceptors (Lipinski definition) is 3. The standard InChI is InChI=1S/C13H20N2O/c1-2-11-5-3-7-15-13(11)10-14-9-12-6-4-8-16-12/h3,5,7,12,14H,2,4,6,8-10H2,1H3. The number of aryl methyl sites for hydroxylation is 1. The molecule has 1 aliphatic heterocycles. The van der Waals surface area contributed by atoms with Crippen LogP contribution in [0, 0.1) is 0 Å². The number of rotatable bonds is 5. The van der Waals surface area contributed by atoms with Gasteiger partial charge in [0.15, 0.2) is 0 Å². The van der Waals surface area contributed by atoms with E-state index in [1.54, 1.807) is 0 Å². The van der Waals surface area contributed by atoms with E-state index in [0.717, 1.165) is 26.1 Å². The van der Waals surface area contributed by atoms with Crippen molar-refractivity contribution in [1.82, 2.24) is 10.3 Å². The minimum Gasteiger partial charge on any atom is -0.377 e. The molecule has 0 bridgehead atoms. The maximum atomic E-state index is 5.56. The van der Waals surface area contributed by atoms with Gasteiger partial charge in [-0.2, -0.15) is 0 Å². The molecule has 2 rings (SSSR count). The van der Waals surface area contributed by atoms with E-state index < -0.39 is 0 Å². The second-order valence-corrected chi connectivity index (χ2v) is 4.23. The summed E-state index contributed by atoms with van der Waals surface area (Å²) in [6.45, 7) is 4.89. The highest BCUT2D eigenvalue weighted by Gasteiger charge is 2.14. The van der Waals surface area contributed by atoms with E-state index in [1.165, 1.54) is 24.1 Å². The summed E-state index contributed by atoms with van der Waals surface area (Å²) < 4.78 is 5.56. The van der Waals surface area contributed by atoms with Crippen LogP contribution in [-0.2, 0) is 17.7 Å². The van der Waals surface area contributed by atoms with E-state index in [0.29, 0.717) is 6.10 Å². The van der Waals surface area contributed by atoms with Crippen molar-refractivity contribution in [3.05, 3.63) is 29.6 Å². The van der Waals surface area contributed by atoms with Gasteiger partial charge in [-0.3, -0.25) is 4.98 Å². The Kier molecular flexibility index (Phi) is 4.31. The van der Waals surface area contributed by atoms with Gasteiger partial charge in [-0.1, -0.05) is 13.0 Å². The normalized spacial score (nSPS) is 20.2. The maximum Gasteiger partial charge on any atom is 0.0700 e. The third kappa shape index (κ3) is 3.03. The lowest BCUT2D eigenvalue weighted by atomic mass is 10.1. The topological polar surface area (TPSA) is 34.2 Å². The number of pyridine rings is 1. The molecule has 3 heteroatoms. The molecule has 1 fully saturated rings. The molecule has 0 aromatic carbocycles. The fourth-order valence-electron chi connectivity index (χ4n) is 2.11. The molecule has 2 heterocycles. The third-order valence-electron chi connectivity index (χ3n) is 3.05. The summed E-state index contributed by atoms with van der Waals surface area (Å²) in [5.74, 6) is 0. The van der Waals surface area contributed by atoms with Crippen molar-refractivity contribution in [3.8, 4) is 0 Å². The van der Waals surface area contributed by atoms with Crippen molar-refractivity contribution < 1.29 is 4.74 Å². The monoisotopic (exact) mass is 220 g/mol. The second-order valence-electron chi connectivity index (χ2n) is 4.23. The lowest BCUT2D eigenvalue weighted by Gasteiger charge is -2.11. The fraction of sp³-hybridized carbons (Fsp3) is 0.615. The SMILES string of the molecule is CCc1cccnc1CNCC1CCCO1. The highest BCUT2D eigenvalue weighted by atomic mass is 16.5. The van der Waals surface area contributed by atoms with Gasteiger partial charge in [-0.25, -0.2) is 0 Å². The van der Waals surface area contributed by atoms with Gasteiger partial charge in [0.25, 0.3) is 0 Å². The predicted molar refractivity (Wildman–Crippen MR) is 64.3 cm³/mol. The highest BCUT2D eigenvalue weighted by Crippen LogP contribution is 2.11. The van der Waals surface area contributed by atoms with E-state index in [1.807, 2.05) is 12.3 Å². The maximum absolute atomic E-state index is 5.56. The number of ether oxygens (including phenoxy) is 1. The molecule has 0 saturated carbocycles. The van der Waals surface area contributed by atoms with Gasteiger partial charge in [-0.15, -0.1) is 0 Å². The van der Waals surface area contributed by atoms with Crippen LogP contribution in [0.4, 0.5) is 0 Å². The van der Waals surface area contributed by atoms with Crippen molar-refractivity contribution in [2.24, 2.45) is 0 Å². The zero-order chi connectivity index (χ0) is 11.2. The minimum atomic E-state index is 0.411. The van der Waals surface area contributed by atoms with Crippen molar-refractivity contribution >= 4 is 0 Å². The third-order valence-corrected chi connectivity index (χ3v) is 3.05. The molecule has 0 radical (unpaired) electrons. The second kappa shape index (κ2) is 5.97. The number of nitrogens with zero attached hydrogens (tertiary/aromatic N) is 1. The Hall–Kier alpha value is -0.930. The van der Waals surface area contributed by atoms with Crippen molar-refractivity contribution in [1.29, 1.82) is 0 Å². The molecule has 1 aromatic heterocycles. The summed E-state index contributed by atoms with van der Waals surface area (Å²) >= 11 is 0. The van der Waals surface area contributed by atoms with Gasteiger partial charge < -0.3 is 10.1 Å². The predicted octanol–water partition coefficient (Wildman–Crippen LogP) is 1.91. The van der Waals surface area contributed by atoms with Crippen LogP contribution in [-0.4, -0.2) is 24.2 Å². The van der Waals surface area contributed by atoms with Crippen molar-refractivity contribution in [2.75, 3.05) is 13.2 Å². The van der Waals surface area contributed by atoms with Gasteiger partial charge in [0, 0.05) is 25.9 Å². The minimum absolute atomic E-state index is 0.411. The molecular formula is C13H20N2O. The highest BCUT2D eigenvalue weighted by molar-refractivity contribution is 5.19. The lowest BCUT2D eigenvalue weighted by molar-refractivity contribution is 0.110. The zero-order valence-electron chi connectivity index (χ0n) is 9.91. The molecule has 1 unspecified atom stereocenters. The summed E-state index contributed by atoms with van der Waals surface area (Å²) in [5.41, 5.74) is 2.50. The molecule has 1 atom stereocenters.